The topological polar surface area (TPSA) is 67.9 Å². The van der Waals surface area contributed by atoms with Crippen molar-refractivity contribution in [2.75, 3.05) is 20.3 Å². The molecule has 0 aliphatic carbocycles. The monoisotopic (exact) mass is 542 g/mol. The van der Waals surface area contributed by atoms with Gasteiger partial charge in [-0.1, -0.05) is 85.1 Å². The predicted octanol–water partition coefficient (Wildman–Crippen LogP) is 5.94. The Labute approximate surface area is 228 Å². The van der Waals surface area contributed by atoms with Crippen molar-refractivity contribution in [2.24, 2.45) is 0 Å². The summed E-state index contributed by atoms with van der Waals surface area (Å²) >= 11 is 12.9. The maximum absolute atomic E-state index is 13.7. The normalized spacial score (nSPS) is 11.5. The molecule has 0 spiro atoms. The lowest BCUT2D eigenvalue weighted by Crippen LogP contribution is -2.52. The van der Waals surface area contributed by atoms with Crippen LogP contribution in [0, 0.1) is 0 Å². The van der Waals surface area contributed by atoms with Gasteiger partial charge in [-0.25, -0.2) is 0 Å². The van der Waals surface area contributed by atoms with Crippen molar-refractivity contribution in [3.05, 3.63) is 94.0 Å². The van der Waals surface area contributed by atoms with Gasteiger partial charge in [-0.15, -0.1) is 0 Å². The first-order chi connectivity index (χ1) is 17.9. The molecule has 1 N–H and O–H groups in total. The second-order valence-corrected chi connectivity index (χ2v) is 9.33. The summed E-state index contributed by atoms with van der Waals surface area (Å²) in [5.74, 6) is 0.315. The SMILES string of the molecule is CCCCNC(=O)[C@H](Cc1ccccc1)N(Cc1c(Cl)cccc1Cl)C(=O)COc1ccccc1OC. The minimum atomic E-state index is -0.805. The fourth-order valence-electron chi connectivity index (χ4n) is 3.87. The van der Waals surface area contributed by atoms with Gasteiger partial charge < -0.3 is 19.7 Å². The van der Waals surface area contributed by atoms with Gasteiger partial charge in [-0.05, 0) is 36.2 Å². The Kier molecular flexibility index (Phi) is 11.1. The zero-order valence-electron chi connectivity index (χ0n) is 21.1. The summed E-state index contributed by atoms with van der Waals surface area (Å²) in [6.07, 6.45) is 2.10. The van der Waals surface area contributed by atoms with E-state index in [0.29, 0.717) is 40.1 Å². The molecule has 6 nitrogen and oxygen atoms in total. The minimum absolute atomic E-state index is 0.0469. The van der Waals surface area contributed by atoms with E-state index in [1.165, 1.54) is 12.0 Å². The molecule has 0 saturated carbocycles. The first kappa shape index (κ1) is 28.4. The fraction of sp³-hybridized carbons (Fsp3) is 0.310. The predicted molar refractivity (Wildman–Crippen MR) is 147 cm³/mol. The summed E-state index contributed by atoms with van der Waals surface area (Å²) in [6.45, 7) is 2.33. The molecule has 0 aliphatic heterocycles. The number of benzene rings is 3. The third kappa shape index (κ3) is 8.14. The van der Waals surface area contributed by atoms with Crippen LogP contribution in [-0.2, 0) is 22.6 Å². The summed E-state index contributed by atoms with van der Waals surface area (Å²) < 4.78 is 11.2. The average Bonchev–Trinajstić information content (AvgIpc) is 2.91. The number of halogens is 2. The molecule has 0 heterocycles. The first-order valence-electron chi connectivity index (χ1n) is 12.2. The number of amides is 2. The summed E-state index contributed by atoms with van der Waals surface area (Å²) in [6, 6.07) is 21.0. The van der Waals surface area contributed by atoms with Crippen molar-refractivity contribution in [2.45, 2.75) is 38.8 Å². The van der Waals surface area contributed by atoms with Gasteiger partial charge in [0.1, 0.15) is 6.04 Å². The van der Waals surface area contributed by atoms with E-state index in [-0.39, 0.29) is 25.0 Å². The zero-order valence-corrected chi connectivity index (χ0v) is 22.6. The zero-order chi connectivity index (χ0) is 26.6. The highest BCUT2D eigenvalue weighted by atomic mass is 35.5. The van der Waals surface area contributed by atoms with E-state index in [2.05, 4.69) is 12.2 Å². The van der Waals surface area contributed by atoms with E-state index in [1.807, 2.05) is 36.4 Å². The second kappa shape index (κ2) is 14.5. The van der Waals surface area contributed by atoms with E-state index in [0.717, 1.165) is 18.4 Å². The Morgan fingerprint density at radius 2 is 1.57 bits per heavy atom. The number of para-hydroxylation sites is 2. The number of nitrogens with zero attached hydrogens (tertiary/aromatic N) is 1. The fourth-order valence-corrected chi connectivity index (χ4v) is 4.39. The Morgan fingerprint density at radius 3 is 2.22 bits per heavy atom. The van der Waals surface area contributed by atoms with Crippen molar-refractivity contribution in [1.29, 1.82) is 0 Å². The Balaban J connectivity index is 1.95. The van der Waals surface area contributed by atoms with Gasteiger partial charge in [-0.2, -0.15) is 0 Å². The summed E-state index contributed by atoms with van der Waals surface area (Å²) in [5, 5.41) is 3.82. The molecule has 8 heteroatoms. The second-order valence-electron chi connectivity index (χ2n) is 8.51. The largest absolute Gasteiger partial charge is 0.493 e. The number of unbranched alkanes of at least 4 members (excludes halogenated alkanes) is 1. The molecule has 0 bridgehead atoms. The molecule has 0 saturated heterocycles. The van der Waals surface area contributed by atoms with Crippen molar-refractivity contribution in [3.8, 4) is 11.5 Å². The van der Waals surface area contributed by atoms with Gasteiger partial charge in [0.2, 0.25) is 5.91 Å². The lowest BCUT2D eigenvalue weighted by molar-refractivity contribution is -0.142. The molecule has 3 rings (SSSR count). The highest BCUT2D eigenvalue weighted by Crippen LogP contribution is 2.28. The van der Waals surface area contributed by atoms with Crippen LogP contribution in [0.1, 0.15) is 30.9 Å². The lowest BCUT2D eigenvalue weighted by atomic mass is 10.0. The summed E-state index contributed by atoms with van der Waals surface area (Å²) in [7, 11) is 1.53. The van der Waals surface area contributed by atoms with Crippen LogP contribution in [0.5, 0.6) is 11.5 Å². The van der Waals surface area contributed by atoms with Crippen LogP contribution in [0.4, 0.5) is 0 Å². The van der Waals surface area contributed by atoms with Crippen LogP contribution < -0.4 is 14.8 Å². The van der Waals surface area contributed by atoms with Crippen LogP contribution in [0.15, 0.2) is 72.8 Å². The molecule has 0 unspecified atom stereocenters. The van der Waals surface area contributed by atoms with Crippen LogP contribution >= 0.6 is 23.2 Å². The van der Waals surface area contributed by atoms with Crippen LogP contribution in [0.2, 0.25) is 10.0 Å². The standard InChI is InChI=1S/C29H32Cl2N2O4/c1-3-4-17-32-29(35)25(18-21-11-6-5-7-12-21)33(19-22-23(30)13-10-14-24(22)31)28(34)20-37-27-16-9-8-15-26(27)36-2/h5-16,25H,3-4,17-20H2,1-2H3,(H,32,35)/t25-/m0/s1. The molecule has 0 radical (unpaired) electrons. The lowest BCUT2D eigenvalue weighted by Gasteiger charge is -2.32. The smallest absolute Gasteiger partial charge is 0.261 e. The highest BCUT2D eigenvalue weighted by Gasteiger charge is 2.31. The van der Waals surface area contributed by atoms with Crippen LogP contribution in [0.3, 0.4) is 0 Å². The maximum atomic E-state index is 13.7. The van der Waals surface area contributed by atoms with Crippen molar-refractivity contribution in [3.63, 3.8) is 0 Å². The molecule has 3 aromatic rings. The number of nitrogens with one attached hydrogen (secondary N) is 1. The van der Waals surface area contributed by atoms with Crippen molar-refractivity contribution in [1.82, 2.24) is 10.2 Å². The Bertz CT molecular complexity index is 1150. The Morgan fingerprint density at radius 1 is 0.919 bits per heavy atom. The summed E-state index contributed by atoms with van der Waals surface area (Å²) in [5.41, 5.74) is 1.49. The minimum Gasteiger partial charge on any atom is -0.493 e. The first-order valence-corrected chi connectivity index (χ1v) is 13.0. The quantitative estimate of drug-likeness (QED) is 0.271. The van der Waals surface area contributed by atoms with Crippen molar-refractivity contribution >= 4 is 35.0 Å². The van der Waals surface area contributed by atoms with Gasteiger partial charge in [0.05, 0.1) is 7.11 Å². The van der Waals surface area contributed by atoms with E-state index in [9.17, 15) is 9.59 Å². The van der Waals surface area contributed by atoms with Crippen LogP contribution in [0.25, 0.3) is 0 Å². The molecule has 2 amide bonds. The number of methoxy groups -OCH3 is 1. The summed E-state index contributed by atoms with van der Waals surface area (Å²) in [4.78, 5) is 28.7. The number of carbonyl (C=O) groups excluding carboxylic acids is 2. The number of hydrogen-bond acceptors (Lipinski definition) is 4. The Hall–Kier alpha value is -3.22. The number of ether oxygens (including phenoxy) is 2. The molecule has 3 aromatic carbocycles. The molecule has 0 aliphatic rings. The van der Waals surface area contributed by atoms with Gasteiger partial charge >= 0.3 is 0 Å². The number of rotatable bonds is 13. The molecule has 37 heavy (non-hydrogen) atoms. The average molecular weight is 543 g/mol. The van der Waals surface area contributed by atoms with E-state index < -0.39 is 6.04 Å². The number of carbonyl (C=O) groups is 2. The third-order valence-electron chi connectivity index (χ3n) is 5.91. The number of hydrogen-bond donors (Lipinski definition) is 1. The molecule has 0 aromatic heterocycles. The third-order valence-corrected chi connectivity index (χ3v) is 6.62. The molecular formula is C29H32Cl2N2O4. The molecule has 0 fully saturated rings. The maximum Gasteiger partial charge on any atom is 0.261 e. The van der Waals surface area contributed by atoms with Gasteiger partial charge in [-0.3, -0.25) is 9.59 Å². The van der Waals surface area contributed by atoms with Crippen LogP contribution in [-0.4, -0.2) is 43.0 Å². The van der Waals surface area contributed by atoms with Gasteiger partial charge in [0, 0.05) is 35.1 Å². The van der Waals surface area contributed by atoms with E-state index in [4.69, 9.17) is 32.7 Å². The van der Waals surface area contributed by atoms with Crippen molar-refractivity contribution < 1.29 is 19.1 Å². The van der Waals surface area contributed by atoms with E-state index >= 15 is 0 Å². The van der Waals surface area contributed by atoms with Gasteiger partial charge in [0.25, 0.3) is 5.91 Å². The molecule has 1 atom stereocenters. The highest BCUT2D eigenvalue weighted by molar-refractivity contribution is 6.36. The van der Waals surface area contributed by atoms with Gasteiger partial charge in [0.15, 0.2) is 18.1 Å². The van der Waals surface area contributed by atoms with E-state index in [1.54, 1.807) is 36.4 Å². The molecule has 196 valence electrons. The molecular weight excluding hydrogens is 511 g/mol.